The highest BCUT2D eigenvalue weighted by Crippen LogP contribution is 2.25. The number of halogens is 2. The minimum atomic E-state index is -0.495. The van der Waals surface area contributed by atoms with Gasteiger partial charge in [-0.25, -0.2) is 9.97 Å². The molecule has 17 heavy (non-hydrogen) atoms. The zero-order valence-electron chi connectivity index (χ0n) is 9.66. The van der Waals surface area contributed by atoms with Gasteiger partial charge in [0.25, 0.3) is 0 Å². The van der Waals surface area contributed by atoms with Crippen LogP contribution in [0.4, 0.5) is 0 Å². The summed E-state index contributed by atoms with van der Waals surface area (Å²) >= 11 is 12.7. The van der Waals surface area contributed by atoms with Gasteiger partial charge in [0, 0.05) is 0 Å². The van der Waals surface area contributed by atoms with Crippen LogP contribution in [0.3, 0.4) is 0 Å². The minimum Gasteiger partial charge on any atom is -0.459 e. The average molecular weight is 295 g/mol. The van der Waals surface area contributed by atoms with Crippen LogP contribution >= 0.6 is 35.0 Å². The Morgan fingerprint density at radius 1 is 1.47 bits per heavy atom. The normalized spacial score (nSPS) is 11.4. The zero-order chi connectivity index (χ0) is 13.1. The van der Waals surface area contributed by atoms with Crippen molar-refractivity contribution in [1.82, 2.24) is 9.97 Å². The maximum Gasteiger partial charge on any atom is 0.316 e. The number of thioether (sulfide) groups is 1. The summed E-state index contributed by atoms with van der Waals surface area (Å²) in [5.74, 6) is -0.196. The number of rotatable bonds is 3. The number of esters is 1. The number of carbonyl (C=O) groups is 1. The molecule has 0 radical (unpaired) electrons. The van der Waals surface area contributed by atoms with Crippen molar-refractivity contribution in [2.45, 2.75) is 31.4 Å². The van der Waals surface area contributed by atoms with Crippen LogP contribution in [-0.2, 0) is 9.53 Å². The standard InChI is InChI=1S/C10H12Cl2N2O2S/c1-10(2,3)16-7(15)5-17-8-6(11)4-13-9(12)14-8/h4H,5H2,1-3H3. The third-order valence-corrected chi connectivity index (χ3v) is 2.96. The lowest BCUT2D eigenvalue weighted by molar-refractivity contribution is -0.151. The van der Waals surface area contributed by atoms with Gasteiger partial charge in [0.05, 0.1) is 17.0 Å². The van der Waals surface area contributed by atoms with E-state index in [0.29, 0.717) is 10.0 Å². The van der Waals surface area contributed by atoms with Crippen molar-refractivity contribution >= 4 is 40.9 Å². The maximum atomic E-state index is 11.5. The molecule has 0 aliphatic rings. The van der Waals surface area contributed by atoms with Gasteiger partial charge in [-0.2, -0.15) is 0 Å². The van der Waals surface area contributed by atoms with Crippen LogP contribution in [0.25, 0.3) is 0 Å². The van der Waals surface area contributed by atoms with Crippen LogP contribution in [-0.4, -0.2) is 27.3 Å². The second-order valence-corrected chi connectivity index (χ2v) is 5.88. The molecule has 4 nitrogen and oxygen atoms in total. The summed E-state index contributed by atoms with van der Waals surface area (Å²) < 4.78 is 5.15. The Labute approximate surface area is 114 Å². The van der Waals surface area contributed by atoms with E-state index in [4.69, 9.17) is 27.9 Å². The van der Waals surface area contributed by atoms with E-state index in [1.165, 1.54) is 18.0 Å². The van der Waals surface area contributed by atoms with Crippen molar-refractivity contribution in [2.75, 3.05) is 5.75 Å². The van der Waals surface area contributed by atoms with Gasteiger partial charge >= 0.3 is 5.97 Å². The van der Waals surface area contributed by atoms with Crippen molar-refractivity contribution in [3.8, 4) is 0 Å². The van der Waals surface area contributed by atoms with Crippen LogP contribution < -0.4 is 0 Å². The lowest BCUT2D eigenvalue weighted by atomic mass is 10.2. The fourth-order valence-electron chi connectivity index (χ4n) is 0.931. The number of ether oxygens (including phenoxy) is 1. The Balaban J connectivity index is 2.56. The SMILES string of the molecule is CC(C)(C)OC(=O)CSc1nc(Cl)ncc1Cl. The maximum absolute atomic E-state index is 11.5. The predicted octanol–water partition coefficient (Wildman–Crippen LogP) is 3.22. The molecule has 0 saturated heterocycles. The van der Waals surface area contributed by atoms with Gasteiger partial charge in [-0.15, -0.1) is 0 Å². The summed E-state index contributed by atoms with van der Waals surface area (Å²) in [4.78, 5) is 19.1. The van der Waals surface area contributed by atoms with E-state index in [-0.39, 0.29) is 17.0 Å². The molecule has 0 aliphatic carbocycles. The van der Waals surface area contributed by atoms with Crippen LogP contribution in [0.15, 0.2) is 11.2 Å². The van der Waals surface area contributed by atoms with E-state index < -0.39 is 5.60 Å². The monoisotopic (exact) mass is 294 g/mol. The number of aromatic nitrogens is 2. The molecule has 0 fully saturated rings. The Bertz CT molecular complexity index is 421. The first-order chi connectivity index (χ1) is 7.78. The Morgan fingerprint density at radius 3 is 2.71 bits per heavy atom. The van der Waals surface area contributed by atoms with Gasteiger partial charge in [-0.1, -0.05) is 23.4 Å². The molecule has 1 aromatic rings. The van der Waals surface area contributed by atoms with Gasteiger partial charge in [0.15, 0.2) is 0 Å². The summed E-state index contributed by atoms with van der Waals surface area (Å²) in [5.41, 5.74) is -0.495. The Hall–Kier alpha value is -0.520. The number of hydrogen-bond donors (Lipinski definition) is 0. The highest BCUT2D eigenvalue weighted by molar-refractivity contribution is 8.00. The highest BCUT2D eigenvalue weighted by Gasteiger charge is 2.17. The van der Waals surface area contributed by atoms with E-state index in [1.54, 1.807) is 0 Å². The van der Waals surface area contributed by atoms with Crippen LogP contribution in [0.1, 0.15) is 20.8 Å². The summed E-state index contributed by atoms with van der Waals surface area (Å²) in [6.45, 7) is 5.43. The quantitative estimate of drug-likeness (QED) is 0.371. The molecule has 0 unspecified atom stereocenters. The molecule has 0 saturated carbocycles. The van der Waals surface area contributed by atoms with Crippen LogP contribution in [0.2, 0.25) is 10.3 Å². The van der Waals surface area contributed by atoms with Gasteiger partial charge in [0.2, 0.25) is 5.28 Å². The van der Waals surface area contributed by atoms with Crippen LogP contribution in [0.5, 0.6) is 0 Å². The number of carbonyl (C=O) groups excluding carboxylic acids is 1. The van der Waals surface area contributed by atoms with E-state index in [2.05, 4.69) is 9.97 Å². The van der Waals surface area contributed by atoms with Crippen molar-refractivity contribution in [1.29, 1.82) is 0 Å². The first-order valence-corrected chi connectivity index (χ1v) is 6.55. The summed E-state index contributed by atoms with van der Waals surface area (Å²) in [5, 5.41) is 0.932. The lowest BCUT2D eigenvalue weighted by Gasteiger charge is -2.19. The van der Waals surface area contributed by atoms with E-state index in [1.807, 2.05) is 20.8 Å². The molecule has 1 aromatic heterocycles. The molecule has 0 aromatic carbocycles. The molecule has 0 N–H and O–H groups in total. The van der Waals surface area contributed by atoms with E-state index >= 15 is 0 Å². The fourth-order valence-corrected chi connectivity index (χ4v) is 2.02. The molecule has 0 atom stereocenters. The van der Waals surface area contributed by atoms with Gasteiger partial charge in [-0.05, 0) is 32.4 Å². The van der Waals surface area contributed by atoms with Crippen molar-refractivity contribution in [2.24, 2.45) is 0 Å². The molecule has 0 bridgehead atoms. The zero-order valence-corrected chi connectivity index (χ0v) is 12.0. The smallest absolute Gasteiger partial charge is 0.316 e. The van der Waals surface area contributed by atoms with E-state index in [0.717, 1.165) is 0 Å². The molecule has 0 aliphatic heterocycles. The lowest BCUT2D eigenvalue weighted by Crippen LogP contribution is -2.24. The van der Waals surface area contributed by atoms with Gasteiger partial charge in [-0.3, -0.25) is 4.79 Å². The molecule has 1 heterocycles. The second kappa shape index (κ2) is 5.89. The number of nitrogens with zero attached hydrogens (tertiary/aromatic N) is 2. The molecule has 1 rings (SSSR count). The molecular formula is C10H12Cl2N2O2S. The molecule has 7 heteroatoms. The van der Waals surface area contributed by atoms with Crippen molar-refractivity contribution < 1.29 is 9.53 Å². The fraction of sp³-hybridized carbons (Fsp3) is 0.500. The van der Waals surface area contributed by atoms with E-state index in [9.17, 15) is 4.79 Å². The molecule has 94 valence electrons. The van der Waals surface area contributed by atoms with Gasteiger partial charge < -0.3 is 4.74 Å². The molecular weight excluding hydrogens is 283 g/mol. The first kappa shape index (κ1) is 14.5. The summed E-state index contributed by atoms with van der Waals surface area (Å²) in [7, 11) is 0. The molecule has 0 amide bonds. The third-order valence-electron chi connectivity index (χ3n) is 1.43. The van der Waals surface area contributed by atoms with Crippen molar-refractivity contribution in [3.05, 3.63) is 16.5 Å². The third kappa shape index (κ3) is 5.57. The highest BCUT2D eigenvalue weighted by atomic mass is 35.5. The second-order valence-electron chi connectivity index (χ2n) is 4.17. The Kier molecular flexibility index (Phi) is 5.04. The summed E-state index contributed by atoms with van der Waals surface area (Å²) in [6, 6.07) is 0. The number of hydrogen-bond acceptors (Lipinski definition) is 5. The first-order valence-electron chi connectivity index (χ1n) is 4.80. The molecule has 0 spiro atoms. The largest absolute Gasteiger partial charge is 0.459 e. The summed E-state index contributed by atoms with van der Waals surface area (Å²) in [6.07, 6.45) is 1.40. The van der Waals surface area contributed by atoms with Gasteiger partial charge in [0.1, 0.15) is 10.6 Å². The topological polar surface area (TPSA) is 52.1 Å². The predicted molar refractivity (Wildman–Crippen MR) is 68.6 cm³/mol. The minimum absolute atomic E-state index is 0.0982. The van der Waals surface area contributed by atoms with Crippen LogP contribution in [0, 0.1) is 0 Å². The average Bonchev–Trinajstić information content (AvgIpc) is 2.17. The Morgan fingerprint density at radius 2 is 2.12 bits per heavy atom. The van der Waals surface area contributed by atoms with Crippen molar-refractivity contribution in [3.63, 3.8) is 0 Å².